The zero-order chi connectivity index (χ0) is 36.2. The quantitative estimate of drug-likeness (QED) is 0.164. The molecule has 13 heteroatoms. The Bertz CT molecular complexity index is 1710. The molecule has 3 amide bonds. The number of rotatable bonds is 16. The Hall–Kier alpha value is -4.78. The van der Waals surface area contributed by atoms with Crippen molar-refractivity contribution in [2.45, 2.75) is 38.2 Å². The monoisotopic (exact) mass is 717 g/mol. The summed E-state index contributed by atoms with van der Waals surface area (Å²) in [6, 6.07) is 14.9. The summed E-state index contributed by atoms with van der Waals surface area (Å²) in [6.07, 6.45) is 6.87. The van der Waals surface area contributed by atoms with Crippen LogP contribution < -0.4 is 15.8 Å². The van der Waals surface area contributed by atoms with Gasteiger partial charge in [0.25, 0.3) is 5.91 Å². The van der Waals surface area contributed by atoms with Gasteiger partial charge in [-0.1, -0.05) is 23.7 Å². The molecule has 5 rings (SSSR count). The van der Waals surface area contributed by atoms with E-state index in [1.807, 2.05) is 36.4 Å². The zero-order valence-corrected chi connectivity index (χ0v) is 29.5. The van der Waals surface area contributed by atoms with E-state index in [9.17, 15) is 19.2 Å². The molecule has 0 spiro atoms. The number of nitrogens with two attached hydrogens (primary N) is 1. The van der Waals surface area contributed by atoms with Crippen molar-refractivity contribution in [1.29, 1.82) is 0 Å². The van der Waals surface area contributed by atoms with Crippen LogP contribution in [0, 0.1) is 0 Å². The highest BCUT2D eigenvalue weighted by molar-refractivity contribution is 6.32. The SMILES string of the molecule is CNC(=O)CCOCCOCCC(=O)N1CCN(C(=O)c2ccc(-c3cc(Cl)c4c(c3)CC(CCC(=O)/C=C/c3ccc(N)nc3)O4)cc2)CC1. The summed E-state index contributed by atoms with van der Waals surface area (Å²) in [5, 5.41) is 3.04. The van der Waals surface area contributed by atoms with Crippen LogP contribution in [0.3, 0.4) is 0 Å². The summed E-state index contributed by atoms with van der Waals surface area (Å²) in [5.41, 5.74) is 9.82. The van der Waals surface area contributed by atoms with Crippen LogP contribution in [0.4, 0.5) is 5.82 Å². The molecular weight excluding hydrogens is 674 g/mol. The second kappa shape index (κ2) is 18.5. The molecule has 0 saturated carbocycles. The van der Waals surface area contributed by atoms with Crippen LogP contribution in [0.1, 0.15) is 47.2 Å². The van der Waals surface area contributed by atoms with Gasteiger partial charge in [-0.15, -0.1) is 0 Å². The van der Waals surface area contributed by atoms with Crippen molar-refractivity contribution >= 4 is 47.0 Å². The fourth-order valence-electron chi connectivity index (χ4n) is 5.88. The Kier molecular flexibility index (Phi) is 13.6. The number of amides is 3. The summed E-state index contributed by atoms with van der Waals surface area (Å²) >= 11 is 6.64. The van der Waals surface area contributed by atoms with Gasteiger partial charge >= 0.3 is 0 Å². The summed E-state index contributed by atoms with van der Waals surface area (Å²) in [6.45, 7) is 3.17. The third-order valence-electron chi connectivity index (χ3n) is 8.81. The molecular formula is C38H44ClN5O7. The number of hydrogen-bond donors (Lipinski definition) is 2. The Morgan fingerprint density at radius 1 is 0.922 bits per heavy atom. The maximum Gasteiger partial charge on any atom is 0.253 e. The van der Waals surface area contributed by atoms with Gasteiger partial charge in [0.1, 0.15) is 17.7 Å². The minimum absolute atomic E-state index is 0.0000946. The van der Waals surface area contributed by atoms with E-state index < -0.39 is 0 Å². The van der Waals surface area contributed by atoms with Gasteiger partial charge in [0.15, 0.2) is 5.78 Å². The lowest BCUT2D eigenvalue weighted by atomic mass is 9.98. The van der Waals surface area contributed by atoms with Crippen LogP contribution in [-0.2, 0) is 30.3 Å². The lowest BCUT2D eigenvalue weighted by Crippen LogP contribution is -2.50. The third kappa shape index (κ3) is 10.9. The maximum absolute atomic E-state index is 13.3. The van der Waals surface area contributed by atoms with Crippen molar-refractivity contribution in [2.24, 2.45) is 0 Å². The Labute approximate surface area is 302 Å². The molecule has 270 valence electrons. The molecule has 3 heterocycles. The van der Waals surface area contributed by atoms with Crippen molar-refractivity contribution < 1.29 is 33.4 Å². The van der Waals surface area contributed by atoms with Crippen molar-refractivity contribution in [2.75, 3.05) is 65.4 Å². The predicted octanol–water partition coefficient (Wildman–Crippen LogP) is 4.19. The van der Waals surface area contributed by atoms with Crippen LogP contribution in [0.2, 0.25) is 5.02 Å². The summed E-state index contributed by atoms with van der Waals surface area (Å²) in [4.78, 5) is 57.1. The van der Waals surface area contributed by atoms with Gasteiger partial charge in [-0.3, -0.25) is 19.2 Å². The molecule has 12 nitrogen and oxygen atoms in total. The first-order valence-corrected chi connectivity index (χ1v) is 17.5. The average molecular weight is 718 g/mol. The number of pyridine rings is 1. The van der Waals surface area contributed by atoms with Gasteiger partial charge in [-0.05, 0) is 77.2 Å². The smallest absolute Gasteiger partial charge is 0.253 e. The van der Waals surface area contributed by atoms with E-state index >= 15 is 0 Å². The van der Waals surface area contributed by atoms with Gasteiger partial charge in [0, 0.05) is 64.2 Å². The summed E-state index contributed by atoms with van der Waals surface area (Å²) < 4.78 is 16.9. The molecule has 3 aromatic rings. The Morgan fingerprint density at radius 2 is 1.63 bits per heavy atom. The summed E-state index contributed by atoms with van der Waals surface area (Å²) in [5.74, 6) is 0.917. The van der Waals surface area contributed by atoms with Gasteiger partial charge < -0.3 is 35.1 Å². The number of anilines is 1. The second-order valence-electron chi connectivity index (χ2n) is 12.4. The van der Waals surface area contributed by atoms with E-state index in [0.717, 1.165) is 22.3 Å². The van der Waals surface area contributed by atoms with E-state index in [1.54, 1.807) is 41.3 Å². The molecule has 0 bridgehead atoms. The first kappa shape index (κ1) is 37.5. The number of fused-ring (bicyclic) bond motifs is 1. The number of ether oxygens (including phenoxy) is 3. The number of nitrogens with zero attached hydrogens (tertiary/aromatic N) is 3. The molecule has 1 unspecified atom stereocenters. The largest absolute Gasteiger partial charge is 0.488 e. The molecule has 1 atom stereocenters. The predicted molar refractivity (Wildman–Crippen MR) is 194 cm³/mol. The Balaban J connectivity index is 1.04. The average Bonchev–Trinajstić information content (AvgIpc) is 3.58. The number of aromatic nitrogens is 1. The van der Waals surface area contributed by atoms with Crippen molar-refractivity contribution in [1.82, 2.24) is 20.1 Å². The molecule has 0 aliphatic carbocycles. The number of allylic oxidation sites excluding steroid dienone is 1. The number of halogens is 1. The van der Waals surface area contributed by atoms with E-state index in [2.05, 4.69) is 16.4 Å². The molecule has 2 aromatic carbocycles. The first-order chi connectivity index (χ1) is 24.7. The highest BCUT2D eigenvalue weighted by Gasteiger charge is 2.27. The van der Waals surface area contributed by atoms with Gasteiger partial charge in [-0.25, -0.2) is 4.98 Å². The fourth-order valence-corrected chi connectivity index (χ4v) is 6.17. The topological polar surface area (TPSA) is 153 Å². The highest BCUT2D eigenvalue weighted by atomic mass is 35.5. The molecule has 0 radical (unpaired) electrons. The number of piperazine rings is 1. The number of carbonyl (C=O) groups excluding carboxylic acids is 4. The molecule has 1 fully saturated rings. The molecule has 3 N–H and O–H groups in total. The normalized spacial score (nSPS) is 15.5. The van der Waals surface area contributed by atoms with E-state index in [-0.39, 0.29) is 42.6 Å². The third-order valence-corrected chi connectivity index (χ3v) is 9.09. The van der Waals surface area contributed by atoms with E-state index in [1.165, 1.54) is 0 Å². The van der Waals surface area contributed by atoms with Crippen molar-refractivity contribution in [3.05, 3.63) is 82.5 Å². The standard InChI is InChI=1S/C38H44ClN5O7/c1-41-35(46)12-18-49-20-21-50-19-13-36(47)43-14-16-44(17-15-43)38(48)28-6-4-27(5-7-28)29-22-30-23-32(51-37(30)33(39)24-29)10-9-31(45)8-2-26-3-11-34(40)42-25-26/h2-8,11,22,24-25,32H,9-10,12-21,23H2,1H3,(H2,40,42)(H,41,46)/b8-2+. The molecule has 1 saturated heterocycles. The lowest BCUT2D eigenvalue weighted by molar-refractivity contribution is -0.134. The van der Waals surface area contributed by atoms with E-state index in [0.29, 0.717) is 93.8 Å². The highest BCUT2D eigenvalue weighted by Crippen LogP contribution is 2.40. The number of nitrogens with one attached hydrogen (secondary N) is 1. The van der Waals surface area contributed by atoms with Crippen molar-refractivity contribution in [3.8, 4) is 16.9 Å². The fraction of sp³-hybridized carbons (Fsp3) is 0.395. The Morgan fingerprint density at radius 3 is 2.31 bits per heavy atom. The van der Waals surface area contributed by atoms with Crippen LogP contribution in [0.15, 0.2) is 60.8 Å². The first-order valence-electron chi connectivity index (χ1n) is 17.1. The maximum atomic E-state index is 13.3. The summed E-state index contributed by atoms with van der Waals surface area (Å²) in [7, 11) is 1.58. The molecule has 2 aliphatic rings. The minimum Gasteiger partial charge on any atom is -0.488 e. The van der Waals surface area contributed by atoms with Crippen molar-refractivity contribution in [3.63, 3.8) is 0 Å². The number of benzene rings is 2. The van der Waals surface area contributed by atoms with Crippen LogP contribution in [-0.4, -0.2) is 104 Å². The van der Waals surface area contributed by atoms with Crippen LogP contribution >= 0.6 is 11.6 Å². The second-order valence-corrected chi connectivity index (χ2v) is 12.8. The molecule has 1 aromatic heterocycles. The van der Waals surface area contributed by atoms with E-state index in [4.69, 9.17) is 31.5 Å². The van der Waals surface area contributed by atoms with Crippen LogP contribution in [0.25, 0.3) is 17.2 Å². The molecule has 51 heavy (non-hydrogen) atoms. The number of carbonyl (C=O) groups is 4. The minimum atomic E-state index is -0.148. The lowest BCUT2D eigenvalue weighted by Gasteiger charge is -2.35. The van der Waals surface area contributed by atoms with Gasteiger partial charge in [-0.2, -0.15) is 0 Å². The number of hydrogen-bond acceptors (Lipinski definition) is 9. The van der Waals surface area contributed by atoms with Gasteiger partial charge in [0.05, 0.1) is 37.9 Å². The van der Waals surface area contributed by atoms with Crippen LogP contribution in [0.5, 0.6) is 5.75 Å². The number of nitrogen functional groups attached to an aromatic ring is 1. The number of ketones is 1. The van der Waals surface area contributed by atoms with Gasteiger partial charge in [0.2, 0.25) is 11.8 Å². The molecule has 2 aliphatic heterocycles. The zero-order valence-electron chi connectivity index (χ0n) is 28.8.